The van der Waals surface area contributed by atoms with Crippen LogP contribution in [0.4, 0.5) is 11.4 Å². The van der Waals surface area contributed by atoms with Gasteiger partial charge in [-0.2, -0.15) is 0 Å². The number of amides is 2. The van der Waals surface area contributed by atoms with Crippen LogP contribution in [0.5, 0.6) is 0 Å². The minimum atomic E-state index is 0.0506. The molecule has 2 aliphatic rings. The predicted molar refractivity (Wildman–Crippen MR) is 115 cm³/mol. The SMILES string of the molecule is CC1CCN(C(=O)c2cc(NC(=O)CCC3CCCC3)ccc2N(C)C)CC1. The summed E-state index contributed by atoms with van der Waals surface area (Å²) in [4.78, 5) is 29.5. The van der Waals surface area contributed by atoms with E-state index in [-0.39, 0.29) is 11.8 Å². The van der Waals surface area contributed by atoms with Gasteiger partial charge in [0.1, 0.15) is 0 Å². The summed E-state index contributed by atoms with van der Waals surface area (Å²) < 4.78 is 0. The second kappa shape index (κ2) is 9.44. The number of likely N-dealkylation sites (tertiary alicyclic amines) is 1. The standard InChI is InChI=1S/C23H35N3O2/c1-17-12-14-26(15-13-17)23(28)20-16-19(9-10-21(20)25(2)3)24-22(27)11-8-18-6-4-5-7-18/h9-10,16-18H,4-8,11-15H2,1-3H3,(H,24,27). The smallest absolute Gasteiger partial charge is 0.256 e. The van der Waals surface area contributed by atoms with E-state index < -0.39 is 0 Å². The lowest BCUT2D eigenvalue weighted by atomic mass is 9.98. The molecule has 0 unspecified atom stereocenters. The predicted octanol–water partition coefficient (Wildman–Crippen LogP) is 4.53. The number of rotatable bonds is 6. The molecule has 1 saturated heterocycles. The van der Waals surface area contributed by atoms with Gasteiger partial charge in [-0.15, -0.1) is 0 Å². The Labute approximate surface area is 169 Å². The van der Waals surface area contributed by atoms with Gasteiger partial charge in [0.15, 0.2) is 0 Å². The molecule has 0 aromatic heterocycles. The lowest BCUT2D eigenvalue weighted by Gasteiger charge is -2.31. The van der Waals surface area contributed by atoms with Gasteiger partial charge in [-0.1, -0.05) is 32.6 Å². The highest BCUT2D eigenvalue weighted by Crippen LogP contribution is 2.29. The lowest BCUT2D eigenvalue weighted by Crippen LogP contribution is -2.38. The van der Waals surface area contributed by atoms with Crippen LogP contribution in [0.2, 0.25) is 0 Å². The molecular weight excluding hydrogens is 350 g/mol. The van der Waals surface area contributed by atoms with Gasteiger partial charge in [0.05, 0.1) is 5.56 Å². The summed E-state index contributed by atoms with van der Waals surface area (Å²) in [6, 6.07) is 5.69. The molecule has 154 valence electrons. The average molecular weight is 386 g/mol. The second-order valence-corrected chi connectivity index (χ2v) is 8.84. The van der Waals surface area contributed by atoms with Crippen molar-refractivity contribution in [1.82, 2.24) is 4.90 Å². The van der Waals surface area contributed by atoms with Crippen molar-refractivity contribution in [2.24, 2.45) is 11.8 Å². The number of piperidine rings is 1. The van der Waals surface area contributed by atoms with Crippen LogP contribution in [0.15, 0.2) is 18.2 Å². The molecule has 5 nitrogen and oxygen atoms in total. The van der Waals surface area contributed by atoms with Gasteiger partial charge in [0.25, 0.3) is 5.91 Å². The van der Waals surface area contributed by atoms with Crippen LogP contribution in [0.25, 0.3) is 0 Å². The van der Waals surface area contributed by atoms with Crippen LogP contribution >= 0.6 is 0 Å². The first-order valence-corrected chi connectivity index (χ1v) is 10.8. The Morgan fingerprint density at radius 3 is 2.43 bits per heavy atom. The zero-order chi connectivity index (χ0) is 20.1. The van der Waals surface area contributed by atoms with Crippen molar-refractivity contribution < 1.29 is 9.59 Å². The van der Waals surface area contributed by atoms with E-state index in [0.717, 1.165) is 43.7 Å². The number of anilines is 2. The van der Waals surface area contributed by atoms with Gasteiger partial charge in [-0.25, -0.2) is 0 Å². The third kappa shape index (κ3) is 5.27. The summed E-state index contributed by atoms with van der Waals surface area (Å²) >= 11 is 0. The molecule has 0 spiro atoms. The number of hydrogen-bond acceptors (Lipinski definition) is 3. The molecular formula is C23H35N3O2. The molecule has 1 heterocycles. The fourth-order valence-corrected chi connectivity index (χ4v) is 4.41. The van der Waals surface area contributed by atoms with Gasteiger partial charge in [0, 0.05) is 45.0 Å². The molecule has 2 fully saturated rings. The Morgan fingerprint density at radius 1 is 1.11 bits per heavy atom. The number of benzene rings is 1. The van der Waals surface area contributed by atoms with Crippen molar-refractivity contribution in [1.29, 1.82) is 0 Å². The van der Waals surface area contributed by atoms with E-state index in [1.807, 2.05) is 42.1 Å². The maximum Gasteiger partial charge on any atom is 0.256 e. The highest BCUT2D eigenvalue weighted by Gasteiger charge is 2.24. The van der Waals surface area contributed by atoms with E-state index >= 15 is 0 Å². The van der Waals surface area contributed by atoms with Gasteiger partial charge in [-0.05, 0) is 49.3 Å². The van der Waals surface area contributed by atoms with Crippen LogP contribution in [0.1, 0.15) is 68.6 Å². The first-order valence-electron chi connectivity index (χ1n) is 10.8. The summed E-state index contributed by atoms with van der Waals surface area (Å²) in [6.45, 7) is 3.87. The molecule has 1 aromatic rings. The van der Waals surface area contributed by atoms with E-state index in [9.17, 15) is 9.59 Å². The van der Waals surface area contributed by atoms with E-state index in [4.69, 9.17) is 0 Å². The molecule has 0 atom stereocenters. The molecule has 1 aliphatic heterocycles. The molecule has 5 heteroatoms. The van der Waals surface area contributed by atoms with Gasteiger partial charge >= 0.3 is 0 Å². The highest BCUT2D eigenvalue weighted by molar-refractivity contribution is 6.02. The topological polar surface area (TPSA) is 52.7 Å². The molecule has 1 aliphatic carbocycles. The highest BCUT2D eigenvalue weighted by atomic mass is 16.2. The second-order valence-electron chi connectivity index (χ2n) is 8.84. The fraction of sp³-hybridized carbons (Fsp3) is 0.652. The summed E-state index contributed by atoms with van der Waals surface area (Å²) in [7, 11) is 3.90. The number of nitrogens with zero attached hydrogens (tertiary/aromatic N) is 2. The molecule has 2 amide bonds. The number of carbonyl (C=O) groups excluding carboxylic acids is 2. The maximum atomic E-state index is 13.2. The first kappa shape index (κ1) is 20.7. The zero-order valence-corrected chi connectivity index (χ0v) is 17.7. The molecule has 0 radical (unpaired) electrons. The molecule has 3 rings (SSSR count). The Kier molecular flexibility index (Phi) is 6.97. The quantitative estimate of drug-likeness (QED) is 0.782. The monoisotopic (exact) mass is 385 g/mol. The average Bonchev–Trinajstić information content (AvgIpc) is 3.20. The Bertz CT molecular complexity index is 687. The fourth-order valence-electron chi connectivity index (χ4n) is 4.41. The minimum absolute atomic E-state index is 0.0506. The Morgan fingerprint density at radius 2 is 1.79 bits per heavy atom. The first-order chi connectivity index (χ1) is 13.4. The van der Waals surface area contributed by atoms with E-state index in [2.05, 4.69) is 12.2 Å². The van der Waals surface area contributed by atoms with Gasteiger partial charge in [0.2, 0.25) is 5.91 Å². The van der Waals surface area contributed by atoms with Crippen molar-refractivity contribution in [2.45, 2.75) is 58.3 Å². The number of hydrogen-bond donors (Lipinski definition) is 1. The molecule has 1 saturated carbocycles. The van der Waals surface area contributed by atoms with Gasteiger partial charge in [-0.3, -0.25) is 9.59 Å². The van der Waals surface area contributed by atoms with Crippen LogP contribution < -0.4 is 10.2 Å². The summed E-state index contributed by atoms with van der Waals surface area (Å²) in [5.74, 6) is 1.51. The molecule has 28 heavy (non-hydrogen) atoms. The molecule has 0 bridgehead atoms. The summed E-state index contributed by atoms with van der Waals surface area (Å²) in [6.07, 6.45) is 8.78. The van der Waals surface area contributed by atoms with E-state index in [1.165, 1.54) is 25.7 Å². The zero-order valence-electron chi connectivity index (χ0n) is 17.7. The third-order valence-corrected chi connectivity index (χ3v) is 6.32. The number of nitrogens with one attached hydrogen (secondary N) is 1. The van der Waals surface area contributed by atoms with Crippen LogP contribution in [0, 0.1) is 11.8 Å². The van der Waals surface area contributed by atoms with Gasteiger partial charge < -0.3 is 15.1 Å². The van der Waals surface area contributed by atoms with E-state index in [0.29, 0.717) is 23.8 Å². The van der Waals surface area contributed by atoms with Crippen LogP contribution in [-0.2, 0) is 4.79 Å². The molecule has 1 N–H and O–H groups in total. The number of carbonyl (C=O) groups is 2. The Balaban J connectivity index is 1.68. The van der Waals surface area contributed by atoms with E-state index in [1.54, 1.807) is 0 Å². The third-order valence-electron chi connectivity index (χ3n) is 6.32. The summed E-state index contributed by atoms with van der Waals surface area (Å²) in [5, 5.41) is 3.01. The molecule has 1 aromatic carbocycles. The maximum absolute atomic E-state index is 13.2. The van der Waals surface area contributed by atoms with Crippen molar-refractivity contribution >= 4 is 23.2 Å². The Hall–Kier alpha value is -2.04. The normalized spacial score (nSPS) is 18.3. The minimum Gasteiger partial charge on any atom is -0.377 e. The van der Waals surface area contributed by atoms with Crippen LogP contribution in [0.3, 0.4) is 0 Å². The van der Waals surface area contributed by atoms with Crippen molar-refractivity contribution in [3.8, 4) is 0 Å². The van der Waals surface area contributed by atoms with Crippen molar-refractivity contribution in [3.63, 3.8) is 0 Å². The summed E-state index contributed by atoms with van der Waals surface area (Å²) in [5.41, 5.74) is 2.29. The van der Waals surface area contributed by atoms with Crippen molar-refractivity contribution in [3.05, 3.63) is 23.8 Å². The lowest BCUT2D eigenvalue weighted by molar-refractivity contribution is -0.116. The van der Waals surface area contributed by atoms with Crippen molar-refractivity contribution in [2.75, 3.05) is 37.4 Å². The largest absolute Gasteiger partial charge is 0.377 e. The van der Waals surface area contributed by atoms with Crippen LogP contribution in [-0.4, -0.2) is 43.9 Å².